The number of amides is 1. The molecule has 1 N–H and O–H groups in total. The molecule has 1 aliphatic rings. The van der Waals surface area contributed by atoms with Crippen LogP contribution in [0.15, 0.2) is 30.3 Å². The van der Waals surface area contributed by atoms with Gasteiger partial charge < -0.3 is 14.7 Å². The summed E-state index contributed by atoms with van der Waals surface area (Å²) in [6.45, 7) is 2.82. The fraction of sp³-hybridized carbons (Fsp3) is 0.462. The third kappa shape index (κ3) is 3.20. The molecule has 2 atom stereocenters. The number of benzene rings is 1. The minimum absolute atomic E-state index is 0.0337. The molecular formula is C13H17NO3. The Kier molecular flexibility index (Phi) is 3.64. The molecule has 4 nitrogen and oxygen atoms in total. The van der Waals surface area contributed by atoms with Gasteiger partial charge in [0.1, 0.15) is 0 Å². The molecule has 1 aliphatic heterocycles. The van der Waals surface area contributed by atoms with Crippen molar-refractivity contribution in [1.82, 2.24) is 4.90 Å². The predicted octanol–water partition coefficient (Wildman–Crippen LogP) is 2.00. The molecule has 0 saturated carbocycles. The van der Waals surface area contributed by atoms with Crippen LogP contribution in [0.2, 0.25) is 0 Å². The lowest BCUT2D eigenvalue weighted by atomic mass is 10.1. The summed E-state index contributed by atoms with van der Waals surface area (Å²) in [6.07, 6.45) is -0.182. The number of ether oxygens (including phenoxy) is 1. The first-order valence-corrected chi connectivity index (χ1v) is 5.82. The van der Waals surface area contributed by atoms with Gasteiger partial charge in [-0.25, -0.2) is 4.79 Å². The molecule has 2 unspecified atom stereocenters. The van der Waals surface area contributed by atoms with E-state index in [1.54, 1.807) is 0 Å². The van der Waals surface area contributed by atoms with Gasteiger partial charge in [-0.2, -0.15) is 0 Å². The summed E-state index contributed by atoms with van der Waals surface area (Å²) >= 11 is 0. The van der Waals surface area contributed by atoms with Gasteiger partial charge in [0.2, 0.25) is 0 Å². The maximum Gasteiger partial charge on any atom is 0.407 e. The van der Waals surface area contributed by atoms with E-state index in [0.717, 1.165) is 6.42 Å². The van der Waals surface area contributed by atoms with E-state index < -0.39 is 6.09 Å². The molecule has 1 fully saturated rings. The van der Waals surface area contributed by atoms with Gasteiger partial charge >= 0.3 is 6.09 Å². The molecule has 0 bridgehead atoms. The minimum Gasteiger partial charge on any atom is -0.465 e. The van der Waals surface area contributed by atoms with Crippen LogP contribution in [0, 0.1) is 0 Å². The van der Waals surface area contributed by atoms with E-state index in [0.29, 0.717) is 13.1 Å². The second-order valence-corrected chi connectivity index (χ2v) is 4.45. The molecule has 1 aromatic rings. The Labute approximate surface area is 101 Å². The standard InChI is InChI=1S/C13H17NO3/c1-10-8-14(13(15)16)9-12(17-10)7-11-5-3-2-4-6-11/h2-6,10,12H,7-9H2,1H3,(H,15,16). The second-order valence-electron chi connectivity index (χ2n) is 4.45. The van der Waals surface area contributed by atoms with Crippen molar-refractivity contribution in [2.75, 3.05) is 13.1 Å². The summed E-state index contributed by atoms with van der Waals surface area (Å²) in [4.78, 5) is 12.4. The molecule has 2 rings (SSSR count). The summed E-state index contributed by atoms with van der Waals surface area (Å²) in [6, 6.07) is 10.0. The van der Waals surface area contributed by atoms with Crippen LogP contribution in [0.5, 0.6) is 0 Å². The monoisotopic (exact) mass is 235 g/mol. The van der Waals surface area contributed by atoms with Gasteiger partial charge in [-0.15, -0.1) is 0 Å². The van der Waals surface area contributed by atoms with Crippen molar-refractivity contribution < 1.29 is 14.6 Å². The normalized spacial score (nSPS) is 24.6. The van der Waals surface area contributed by atoms with Gasteiger partial charge in [0.05, 0.1) is 25.3 Å². The van der Waals surface area contributed by atoms with Gasteiger partial charge in [-0.05, 0) is 12.5 Å². The highest BCUT2D eigenvalue weighted by Crippen LogP contribution is 2.15. The van der Waals surface area contributed by atoms with E-state index in [-0.39, 0.29) is 12.2 Å². The fourth-order valence-corrected chi connectivity index (χ4v) is 2.19. The molecule has 1 heterocycles. The van der Waals surface area contributed by atoms with E-state index in [9.17, 15) is 4.79 Å². The minimum atomic E-state index is -0.863. The highest BCUT2D eigenvalue weighted by atomic mass is 16.5. The largest absolute Gasteiger partial charge is 0.465 e. The van der Waals surface area contributed by atoms with Crippen LogP contribution < -0.4 is 0 Å². The Balaban J connectivity index is 1.99. The molecule has 0 aliphatic carbocycles. The highest BCUT2D eigenvalue weighted by Gasteiger charge is 2.28. The fourth-order valence-electron chi connectivity index (χ4n) is 2.19. The molecular weight excluding hydrogens is 218 g/mol. The second kappa shape index (κ2) is 5.19. The number of nitrogens with zero attached hydrogens (tertiary/aromatic N) is 1. The first-order valence-electron chi connectivity index (χ1n) is 5.82. The SMILES string of the molecule is CC1CN(C(=O)O)CC(Cc2ccccc2)O1. The molecule has 17 heavy (non-hydrogen) atoms. The third-order valence-corrected chi connectivity index (χ3v) is 2.90. The molecule has 1 aromatic carbocycles. The zero-order valence-corrected chi connectivity index (χ0v) is 9.87. The summed E-state index contributed by atoms with van der Waals surface area (Å²) in [5, 5.41) is 9.01. The van der Waals surface area contributed by atoms with Crippen LogP contribution in [0.4, 0.5) is 4.79 Å². The Morgan fingerprint density at radius 2 is 2.12 bits per heavy atom. The first-order chi connectivity index (χ1) is 8.15. The van der Waals surface area contributed by atoms with Crippen LogP contribution in [0.1, 0.15) is 12.5 Å². The van der Waals surface area contributed by atoms with Crippen molar-refractivity contribution in [3.63, 3.8) is 0 Å². The van der Waals surface area contributed by atoms with Crippen LogP contribution in [0.3, 0.4) is 0 Å². The average molecular weight is 235 g/mol. The van der Waals surface area contributed by atoms with Crippen molar-refractivity contribution in [1.29, 1.82) is 0 Å². The lowest BCUT2D eigenvalue weighted by molar-refractivity contribution is -0.0682. The van der Waals surface area contributed by atoms with Gasteiger partial charge in [0.15, 0.2) is 0 Å². The van der Waals surface area contributed by atoms with Crippen LogP contribution in [-0.2, 0) is 11.2 Å². The Bertz CT molecular complexity index is 380. The maximum absolute atomic E-state index is 11.0. The molecule has 4 heteroatoms. The van der Waals surface area contributed by atoms with Crippen LogP contribution in [0.25, 0.3) is 0 Å². The molecule has 1 amide bonds. The maximum atomic E-state index is 11.0. The number of carbonyl (C=O) groups is 1. The number of carboxylic acid groups (broad SMARTS) is 1. The predicted molar refractivity (Wildman–Crippen MR) is 64.1 cm³/mol. The van der Waals surface area contributed by atoms with E-state index in [2.05, 4.69) is 0 Å². The van der Waals surface area contributed by atoms with Crippen LogP contribution >= 0.6 is 0 Å². The molecule has 0 spiro atoms. The lowest BCUT2D eigenvalue weighted by Gasteiger charge is -2.35. The van der Waals surface area contributed by atoms with Crippen molar-refractivity contribution >= 4 is 6.09 Å². The highest BCUT2D eigenvalue weighted by molar-refractivity contribution is 5.65. The van der Waals surface area contributed by atoms with Crippen molar-refractivity contribution in [3.05, 3.63) is 35.9 Å². The quantitative estimate of drug-likeness (QED) is 0.853. The van der Waals surface area contributed by atoms with Crippen molar-refractivity contribution in [3.8, 4) is 0 Å². The average Bonchev–Trinajstić information content (AvgIpc) is 2.29. The Morgan fingerprint density at radius 3 is 2.76 bits per heavy atom. The van der Waals surface area contributed by atoms with Crippen molar-refractivity contribution in [2.24, 2.45) is 0 Å². The smallest absolute Gasteiger partial charge is 0.407 e. The Hall–Kier alpha value is -1.55. The van der Waals surface area contributed by atoms with E-state index in [1.807, 2.05) is 37.3 Å². The molecule has 0 radical (unpaired) electrons. The lowest BCUT2D eigenvalue weighted by Crippen LogP contribution is -2.49. The third-order valence-electron chi connectivity index (χ3n) is 2.90. The molecule has 92 valence electrons. The van der Waals surface area contributed by atoms with E-state index >= 15 is 0 Å². The summed E-state index contributed by atoms with van der Waals surface area (Å²) in [7, 11) is 0. The zero-order valence-electron chi connectivity index (χ0n) is 9.87. The van der Waals surface area contributed by atoms with E-state index in [1.165, 1.54) is 10.5 Å². The summed E-state index contributed by atoms with van der Waals surface area (Å²) < 4.78 is 5.77. The number of morpholine rings is 1. The summed E-state index contributed by atoms with van der Waals surface area (Å²) in [5.41, 5.74) is 1.18. The molecule has 1 saturated heterocycles. The van der Waals surface area contributed by atoms with Crippen LogP contribution in [-0.4, -0.2) is 41.4 Å². The summed E-state index contributed by atoms with van der Waals surface area (Å²) in [5.74, 6) is 0. The zero-order chi connectivity index (χ0) is 12.3. The number of hydrogen-bond acceptors (Lipinski definition) is 2. The first kappa shape index (κ1) is 11.9. The van der Waals surface area contributed by atoms with Crippen molar-refractivity contribution in [2.45, 2.75) is 25.6 Å². The van der Waals surface area contributed by atoms with Gasteiger partial charge in [0.25, 0.3) is 0 Å². The van der Waals surface area contributed by atoms with Gasteiger partial charge in [0, 0.05) is 6.42 Å². The number of rotatable bonds is 2. The topological polar surface area (TPSA) is 49.8 Å². The van der Waals surface area contributed by atoms with E-state index in [4.69, 9.17) is 9.84 Å². The number of hydrogen-bond donors (Lipinski definition) is 1. The van der Waals surface area contributed by atoms with Gasteiger partial charge in [-0.3, -0.25) is 0 Å². The molecule has 0 aromatic heterocycles. The van der Waals surface area contributed by atoms with Gasteiger partial charge in [-0.1, -0.05) is 30.3 Å². The Morgan fingerprint density at radius 1 is 1.41 bits per heavy atom.